The van der Waals surface area contributed by atoms with Crippen molar-refractivity contribution in [2.24, 2.45) is 0 Å². The fourth-order valence-corrected chi connectivity index (χ4v) is 4.17. The first-order valence-corrected chi connectivity index (χ1v) is 11.1. The Morgan fingerprint density at radius 1 is 1.12 bits per heavy atom. The molecule has 32 heavy (non-hydrogen) atoms. The van der Waals surface area contributed by atoms with E-state index in [1.165, 1.54) is 16.7 Å². The minimum absolute atomic E-state index is 0.276. The molecule has 1 aliphatic heterocycles. The molecule has 1 fully saturated rings. The van der Waals surface area contributed by atoms with Gasteiger partial charge in [0.25, 0.3) is 5.88 Å². The van der Waals surface area contributed by atoms with E-state index in [0.29, 0.717) is 12.5 Å². The van der Waals surface area contributed by atoms with Gasteiger partial charge in [0.15, 0.2) is 5.82 Å². The molecule has 3 heterocycles. The van der Waals surface area contributed by atoms with Crippen molar-refractivity contribution in [3.63, 3.8) is 0 Å². The molecule has 1 aromatic carbocycles. The number of anilines is 1. The summed E-state index contributed by atoms with van der Waals surface area (Å²) in [5.41, 5.74) is 13.8. The van der Waals surface area contributed by atoms with Crippen LogP contribution in [0.25, 0.3) is 11.3 Å². The van der Waals surface area contributed by atoms with Crippen molar-refractivity contribution in [3.05, 3.63) is 58.5 Å². The second-order valence-corrected chi connectivity index (χ2v) is 8.90. The van der Waals surface area contributed by atoms with E-state index in [1.54, 1.807) is 12.4 Å². The molecule has 2 aliphatic rings. The summed E-state index contributed by atoms with van der Waals surface area (Å²) in [6.45, 7) is 6.45. The lowest BCUT2D eigenvalue weighted by Gasteiger charge is -2.27. The summed E-state index contributed by atoms with van der Waals surface area (Å²) in [6, 6.07) is 6.38. The minimum Gasteiger partial charge on any atom is -0.488 e. The molecule has 0 unspecified atom stereocenters. The number of fused-ring (bicyclic) bond motifs is 1. The Bertz CT molecular complexity index is 1160. The van der Waals surface area contributed by atoms with Gasteiger partial charge in [0, 0.05) is 29.9 Å². The SMILES string of the molecule is Cc1cc(COc2nc(-c3cc(C)c4c(c3)CN(C)CC4)cnc2N)c(OC2CC2)cn1. The lowest BCUT2D eigenvalue weighted by molar-refractivity contribution is 0.266. The lowest BCUT2D eigenvalue weighted by Crippen LogP contribution is -2.27. The van der Waals surface area contributed by atoms with Crippen molar-refractivity contribution in [1.29, 1.82) is 0 Å². The van der Waals surface area contributed by atoms with Gasteiger partial charge in [-0.3, -0.25) is 4.98 Å². The maximum atomic E-state index is 6.10. The van der Waals surface area contributed by atoms with Gasteiger partial charge in [0.1, 0.15) is 12.4 Å². The van der Waals surface area contributed by atoms with Gasteiger partial charge >= 0.3 is 0 Å². The molecule has 2 aromatic heterocycles. The largest absolute Gasteiger partial charge is 0.488 e. The van der Waals surface area contributed by atoms with E-state index in [0.717, 1.165) is 60.6 Å². The zero-order valence-corrected chi connectivity index (χ0v) is 18.9. The Morgan fingerprint density at radius 3 is 2.78 bits per heavy atom. The Morgan fingerprint density at radius 2 is 1.97 bits per heavy atom. The van der Waals surface area contributed by atoms with Crippen molar-refractivity contribution >= 4 is 5.82 Å². The number of hydrogen-bond acceptors (Lipinski definition) is 7. The second-order valence-electron chi connectivity index (χ2n) is 8.90. The molecule has 7 heteroatoms. The number of benzene rings is 1. The molecular weight excluding hydrogens is 402 g/mol. The maximum absolute atomic E-state index is 6.10. The number of nitrogen functional groups attached to an aromatic ring is 1. The molecule has 7 nitrogen and oxygen atoms in total. The zero-order chi connectivity index (χ0) is 22.2. The van der Waals surface area contributed by atoms with E-state index in [1.807, 2.05) is 13.0 Å². The van der Waals surface area contributed by atoms with Crippen LogP contribution in [0.5, 0.6) is 11.6 Å². The number of pyridine rings is 1. The average molecular weight is 432 g/mol. The van der Waals surface area contributed by atoms with Crippen LogP contribution in [0.3, 0.4) is 0 Å². The van der Waals surface area contributed by atoms with Gasteiger partial charge in [-0.1, -0.05) is 0 Å². The van der Waals surface area contributed by atoms with Crippen molar-refractivity contribution < 1.29 is 9.47 Å². The number of likely N-dealkylation sites (N-methyl/N-ethyl adjacent to an activating group) is 1. The Hall–Kier alpha value is -3.19. The predicted molar refractivity (Wildman–Crippen MR) is 124 cm³/mol. The average Bonchev–Trinajstić information content (AvgIpc) is 3.58. The van der Waals surface area contributed by atoms with Gasteiger partial charge in [0.2, 0.25) is 0 Å². The van der Waals surface area contributed by atoms with E-state index in [4.69, 9.17) is 20.2 Å². The smallest absolute Gasteiger partial charge is 0.258 e. The van der Waals surface area contributed by atoms with Gasteiger partial charge in [-0.2, -0.15) is 0 Å². The summed E-state index contributed by atoms with van der Waals surface area (Å²) in [5, 5.41) is 0. The van der Waals surface area contributed by atoms with Crippen molar-refractivity contribution in [1.82, 2.24) is 19.9 Å². The number of nitrogens with zero attached hydrogens (tertiary/aromatic N) is 4. The van der Waals surface area contributed by atoms with Crippen molar-refractivity contribution in [2.75, 3.05) is 19.3 Å². The first kappa shape index (κ1) is 20.7. The number of aryl methyl sites for hydroxylation is 2. The van der Waals surface area contributed by atoms with Gasteiger partial charge in [-0.25, -0.2) is 9.97 Å². The van der Waals surface area contributed by atoms with E-state index in [-0.39, 0.29) is 11.9 Å². The van der Waals surface area contributed by atoms with E-state index < -0.39 is 0 Å². The number of ether oxygens (including phenoxy) is 2. The summed E-state index contributed by atoms with van der Waals surface area (Å²) in [6.07, 6.45) is 7.03. The fraction of sp³-hybridized carbons (Fsp3) is 0.400. The fourth-order valence-electron chi connectivity index (χ4n) is 4.17. The molecule has 0 atom stereocenters. The molecule has 0 spiro atoms. The molecule has 1 aliphatic carbocycles. The molecule has 0 bridgehead atoms. The van der Waals surface area contributed by atoms with E-state index >= 15 is 0 Å². The van der Waals surface area contributed by atoms with Crippen LogP contribution in [-0.4, -0.2) is 39.5 Å². The third-order valence-electron chi connectivity index (χ3n) is 6.08. The monoisotopic (exact) mass is 431 g/mol. The van der Waals surface area contributed by atoms with Gasteiger partial charge in [-0.05, 0) is 75.0 Å². The summed E-state index contributed by atoms with van der Waals surface area (Å²) in [4.78, 5) is 15.8. The molecule has 2 N–H and O–H groups in total. The summed E-state index contributed by atoms with van der Waals surface area (Å²) >= 11 is 0. The Balaban J connectivity index is 1.40. The number of rotatable bonds is 6. The molecule has 0 saturated heterocycles. The molecular formula is C25H29N5O2. The van der Waals surface area contributed by atoms with Crippen LogP contribution in [-0.2, 0) is 19.6 Å². The number of nitrogens with two attached hydrogens (primary N) is 1. The van der Waals surface area contributed by atoms with Crippen LogP contribution in [0.2, 0.25) is 0 Å². The van der Waals surface area contributed by atoms with E-state index in [2.05, 4.69) is 41.0 Å². The highest BCUT2D eigenvalue weighted by Crippen LogP contribution is 2.32. The van der Waals surface area contributed by atoms with Crippen molar-refractivity contribution in [2.45, 2.75) is 52.4 Å². The number of aromatic nitrogens is 3. The van der Waals surface area contributed by atoms with Crippen LogP contribution in [0.15, 0.2) is 30.6 Å². The van der Waals surface area contributed by atoms with Crippen LogP contribution >= 0.6 is 0 Å². The van der Waals surface area contributed by atoms with Crippen LogP contribution < -0.4 is 15.2 Å². The molecule has 1 saturated carbocycles. The first-order chi connectivity index (χ1) is 15.5. The molecule has 3 aromatic rings. The minimum atomic E-state index is 0.276. The third-order valence-corrected chi connectivity index (χ3v) is 6.08. The predicted octanol–water partition coefficient (Wildman–Crippen LogP) is 3.85. The molecule has 5 rings (SSSR count). The molecule has 166 valence electrons. The zero-order valence-electron chi connectivity index (χ0n) is 18.9. The Labute approximate surface area is 188 Å². The Kier molecular flexibility index (Phi) is 5.43. The topological polar surface area (TPSA) is 86.4 Å². The maximum Gasteiger partial charge on any atom is 0.258 e. The second kappa shape index (κ2) is 8.39. The lowest BCUT2D eigenvalue weighted by atomic mass is 9.92. The highest BCUT2D eigenvalue weighted by molar-refractivity contribution is 5.64. The van der Waals surface area contributed by atoms with Crippen LogP contribution in [0.1, 0.15) is 40.8 Å². The molecule has 0 amide bonds. The summed E-state index contributed by atoms with van der Waals surface area (Å²) in [5.74, 6) is 1.37. The van der Waals surface area contributed by atoms with Crippen LogP contribution in [0.4, 0.5) is 5.82 Å². The highest BCUT2D eigenvalue weighted by atomic mass is 16.5. The summed E-state index contributed by atoms with van der Waals surface area (Å²) in [7, 11) is 2.15. The highest BCUT2D eigenvalue weighted by Gasteiger charge is 2.25. The van der Waals surface area contributed by atoms with Gasteiger partial charge in [-0.15, -0.1) is 0 Å². The van der Waals surface area contributed by atoms with Crippen LogP contribution in [0, 0.1) is 13.8 Å². The first-order valence-electron chi connectivity index (χ1n) is 11.1. The third kappa shape index (κ3) is 4.39. The molecule has 0 radical (unpaired) electrons. The number of hydrogen-bond donors (Lipinski definition) is 1. The van der Waals surface area contributed by atoms with Gasteiger partial charge < -0.3 is 20.1 Å². The summed E-state index contributed by atoms with van der Waals surface area (Å²) < 4.78 is 12.0. The van der Waals surface area contributed by atoms with E-state index in [9.17, 15) is 0 Å². The quantitative estimate of drug-likeness (QED) is 0.634. The van der Waals surface area contributed by atoms with Gasteiger partial charge in [0.05, 0.1) is 24.2 Å². The van der Waals surface area contributed by atoms with Crippen molar-refractivity contribution in [3.8, 4) is 22.9 Å². The normalized spacial score (nSPS) is 16.0. The standard InChI is InChI=1S/C25H29N5O2/c1-15-8-17(10-18-13-30(3)7-6-21(15)18)22-11-28-24(26)25(29-22)31-14-19-9-16(2)27-12-23(19)32-20-4-5-20/h8-12,20H,4-7,13-14H2,1-3H3,(H2,26,28).